The van der Waals surface area contributed by atoms with E-state index in [9.17, 15) is 14.4 Å². The van der Waals surface area contributed by atoms with Crippen LogP contribution >= 0.6 is 23.1 Å². The number of amides is 3. The van der Waals surface area contributed by atoms with Gasteiger partial charge in [-0.25, -0.2) is 0 Å². The lowest BCUT2D eigenvalue weighted by Crippen LogP contribution is -2.46. The molecule has 1 aliphatic carbocycles. The number of hydrogen-bond donors (Lipinski definition) is 3. The molecular weight excluding hydrogens is 514 g/mol. The molecule has 2 aromatic carbocycles. The van der Waals surface area contributed by atoms with E-state index in [1.165, 1.54) is 4.90 Å². The predicted octanol–water partition coefficient (Wildman–Crippen LogP) is 4.32. The third-order valence-electron chi connectivity index (χ3n) is 6.19. The van der Waals surface area contributed by atoms with Crippen molar-refractivity contribution in [3.8, 4) is 5.75 Å². The highest BCUT2D eigenvalue weighted by Gasteiger charge is 2.37. The van der Waals surface area contributed by atoms with Crippen LogP contribution in [0, 0.1) is 0 Å². The molecule has 0 radical (unpaired) electrons. The second-order valence-electron chi connectivity index (χ2n) is 8.68. The molecule has 1 saturated carbocycles. The Kier molecular flexibility index (Phi) is 8.30. The van der Waals surface area contributed by atoms with E-state index in [-0.39, 0.29) is 28.2 Å². The van der Waals surface area contributed by atoms with Crippen molar-refractivity contribution in [2.24, 2.45) is 5.73 Å². The van der Waals surface area contributed by atoms with E-state index in [1.54, 1.807) is 48.5 Å². The van der Waals surface area contributed by atoms with E-state index in [2.05, 4.69) is 9.69 Å². The summed E-state index contributed by atoms with van der Waals surface area (Å²) < 4.78 is 9.54. The highest BCUT2D eigenvalue weighted by atomic mass is 35.5. The number of anilines is 2. The van der Waals surface area contributed by atoms with Crippen molar-refractivity contribution in [2.75, 3.05) is 17.2 Å². The van der Waals surface area contributed by atoms with Crippen molar-refractivity contribution in [1.29, 1.82) is 0 Å². The van der Waals surface area contributed by atoms with Crippen LogP contribution in [0.3, 0.4) is 0 Å². The maximum Gasteiger partial charge on any atom is 0.273 e. The van der Waals surface area contributed by atoms with Gasteiger partial charge >= 0.3 is 0 Å². The molecular formula is C26H28ClN5O4S. The number of carbonyl (C=O) groups excluding carboxylic acids is 3. The Hall–Kier alpha value is -3.63. The Balaban J connectivity index is 1.83. The average Bonchev–Trinajstić information content (AvgIpc) is 3.53. The number of primary amides is 1. The number of nitrogens with one attached hydrogen (secondary N) is 1. The summed E-state index contributed by atoms with van der Waals surface area (Å²) >= 11 is 6.88. The molecule has 0 spiro atoms. The van der Waals surface area contributed by atoms with Crippen LogP contribution in [-0.2, 0) is 4.79 Å². The first kappa shape index (κ1) is 26.4. The molecule has 3 amide bonds. The normalized spacial score (nSPS) is 14.2. The van der Waals surface area contributed by atoms with Gasteiger partial charge in [-0.3, -0.25) is 19.3 Å². The fraction of sp³-hybridized carbons (Fsp3) is 0.308. The summed E-state index contributed by atoms with van der Waals surface area (Å²) in [5.74, 6) is -1.13. The number of benzene rings is 2. The summed E-state index contributed by atoms with van der Waals surface area (Å²) in [4.78, 5) is 41.0. The number of nitrogens with two attached hydrogens (primary N) is 2. The number of carbonyl (C=O) groups is 3. The molecule has 0 aliphatic heterocycles. The van der Waals surface area contributed by atoms with E-state index in [4.69, 9.17) is 27.8 Å². The van der Waals surface area contributed by atoms with Crippen molar-refractivity contribution in [1.82, 2.24) is 9.69 Å². The van der Waals surface area contributed by atoms with E-state index >= 15 is 0 Å². The smallest absolute Gasteiger partial charge is 0.273 e. The highest BCUT2D eigenvalue weighted by molar-refractivity contribution is 7.09. The lowest BCUT2D eigenvalue weighted by atomic mass is 10.0. The lowest BCUT2D eigenvalue weighted by Gasteiger charge is -2.32. The Labute approximate surface area is 223 Å². The SMILES string of the molecule is CCOc1ccc(C(C(=O)NC2CCCC2)N(C(=O)c2snc(C(N)=O)c2N)c2ccc(Cl)cc2)cc1. The third-order valence-corrected chi connectivity index (χ3v) is 7.30. The van der Waals surface area contributed by atoms with E-state index in [0.717, 1.165) is 37.2 Å². The summed E-state index contributed by atoms with van der Waals surface area (Å²) in [6.07, 6.45) is 3.82. The van der Waals surface area contributed by atoms with Crippen molar-refractivity contribution in [3.63, 3.8) is 0 Å². The fourth-order valence-electron chi connectivity index (χ4n) is 4.40. The number of halogens is 1. The van der Waals surface area contributed by atoms with Gasteiger partial charge < -0.3 is 21.5 Å². The molecule has 4 rings (SSSR count). The molecule has 0 saturated heterocycles. The van der Waals surface area contributed by atoms with Crippen LogP contribution in [0.15, 0.2) is 48.5 Å². The Bertz CT molecular complexity index is 1270. The molecule has 1 unspecified atom stereocenters. The molecule has 1 heterocycles. The quantitative estimate of drug-likeness (QED) is 0.368. The van der Waals surface area contributed by atoms with Gasteiger partial charge in [-0.2, -0.15) is 4.37 Å². The van der Waals surface area contributed by atoms with Crippen LogP contribution in [0.1, 0.15) is 64.4 Å². The summed E-state index contributed by atoms with van der Waals surface area (Å²) in [7, 11) is 0. The first-order valence-electron chi connectivity index (χ1n) is 12.0. The standard InChI is InChI=1S/C26H28ClN5O4S/c1-2-36-19-13-7-15(8-14-19)22(25(34)30-17-5-3-4-6-17)32(18-11-9-16(27)10-12-18)26(35)23-20(28)21(24(29)33)31-37-23/h7-14,17,22H,2-6,28H2,1H3,(H2,29,33)(H,30,34). The van der Waals surface area contributed by atoms with Crippen molar-refractivity contribution >= 4 is 52.2 Å². The zero-order valence-corrected chi connectivity index (χ0v) is 21.8. The van der Waals surface area contributed by atoms with Gasteiger partial charge in [0, 0.05) is 16.8 Å². The molecule has 9 nitrogen and oxygen atoms in total. The number of hydrogen-bond acceptors (Lipinski definition) is 7. The van der Waals surface area contributed by atoms with E-state index < -0.39 is 17.9 Å². The number of ether oxygens (including phenoxy) is 1. The molecule has 1 fully saturated rings. The minimum atomic E-state index is -1.05. The Morgan fingerprint density at radius 2 is 1.78 bits per heavy atom. The molecule has 5 N–H and O–H groups in total. The van der Waals surface area contributed by atoms with Gasteiger partial charge in [-0.1, -0.05) is 36.6 Å². The Morgan fingerprint density at radius 3 is 2.35 bits per heavy atom. The Morgan fingerprint density at radius 1 is 1.14 bits per heavy atom. The lowest BCUT2D eigenvalue weighted by molar-refractivity contribution is -0.123. The number of nitrogen functional groups attached to an aromatic ring is 1. The van der Waals surface area contributed by atoms with Gasteiger partial charge in [0.1, 0.15) is 16.7 Å². The van der Waals surface area contributed by atoms with E-state index in [1.807, 2.05) is 6.92 Å². The van der Waals surface area contributed by atoms with Gasteiger partial charge in [0.15, 0.2) is 5.69 Å². The van der Waals surface area contributed by atoms with Crippen LogP contribution in [0.4, 0.5) is 11.4 Å². The molecule has 1 atom stereocenters. The minimum absolute atomic E-state index is 0.00773. The van der Waals surface area contributed by atoms with Crippen LogP contribution < -0.4 is 26.4 Å². The zero-order valence-electron chi connectivity index (χ0n) is 20.3. The first-order chi connectivity index (χ1) is 17.8. The van der Waals surface area contributed by atoms with Crippen molar-refractivity contribution in [3.05, 3.63) is 69.7 Å². The average molecular weight is 542 g/mol. The molecule has 1 aliphatic rings. The number of nitrogens with zero attached hydrogens (tertiary/aromatic N) is 2. The van der Waals surface area contributed by atoms with Gasteiger partial charge in [-0.15, -0.1) is 0 Å². The van der Waals surface area contributed by atoms with Crippen LogP contribution in [0.5, 0.6) is 5.75 Å². The van der Waals surface area contributed by atoms with Crippen LogP contribution in [-0.4, -0.2) is 34.7 Å². The second-order valence-corrected chi connectivity index (χ2v) is 9.89. The maximum absolute atomic E-state index is 14.0. The molecule has 37 heavy (non-hydrogen) atoms. The van der Waals surface area contributed by atoms with Crippen molar-refractivity contribution in [2.45, 2.75) is 44.7 Å². The molecule has 194 valence electrons. The minimum Gasteiger partial charge on any atom is -0.494 e. The zero-order chi connectivity index (χ0) is 26.5. The van der Waals surface area contributed by atoms with Crippen LogP contribution in [0.2, 0.25) is 5.02 Å². The van der Waals surface area contributed by atoms with Gasteiger partial charge in [-0.05, 0) is 73.3 Å². The summed E-state index contributed by atoms with van der Waals surface area (Å²) in [5.41, 5.74) is 12.2. The predicted molar refractivity (Wildman–Crippen MR) is 144 cm³/mol. The molecule has 1 aromatic heterocycles. The van der Waals surface area contributed by atoms with Gasteiger partial charge in [0.2, 0.25) is 5.91 Å². The maximum atomic E-state index is 14.0. The fourth-order valence-corrected chi connectivity index (χ4v) is 5.27. The summed E-state index contributed by atoms with van der Waals surface area (Å²) in [5, 5.41) is 3.59. The topological polar surface area (TPSA) is 141 Å². The summed E-state index contributed by atoms with van der Waals surface area (Å²) in [6, 6.07) is 12.6. The number of aromatic nitrogens is 1. The highest BCUT2D eigenvalue weighted by Crippen LogP contribution is 2.34. The molecule has 0 bridgehead atoms. The number of rotatable bonds is 9. The van der Waals surface area contributed by atoms with E-state index in [0.29, 0.717) is 28.6 Å². The van der Waals surface area contributed by atoms with Crippen molar-refractivity contribution < 1.29 is 19.1 Å². The molecule has 11 heteroatoms. The monoisotopic (exact) mass is 541 g/mol. The summed E-state index contributed by atoms with van der Waals surface area (Å²) in [6.45, 7) is 2.37. The van der Waals surface area contributed by atoms with Gasteiger partial charge in [0.05, 0.1) is 12.3 Å². The van der Waals surface area contributed by atoms with Gasteiger partial charge in [0.25, 0.3) is 11.8 Å². The second kappa shape index (κ2) is 11.6. The largest absolute Gasteiger partial charge is 0.494 e. The first-order valence-corrected chi connectivity index (χ1v) is 13.1. The molecule has 3 aromatic rings. The third kappa shape index (κ3) is 5.86. The van der Waals surface area contributed by atoms with Crippen LogP contribution in [0.25, 0.3) is 0 Å².